The predicted molar refractivity (Wildman–Crippen MR) is 152 cm³/mol. The van der Waals surface area contributed by atoms with E-state index in [2.05, 4.69) is 0 Å². The number of hydrogen-bond donors (Lipinski definition) is 0. The summed E-state index contributed by atoms with van der Waals surface area (Å²) in [4.78, 5) is 55.8. The molecule has 2 bridgehead atoms. The molecular formula is C33H26F5N3O5. The highest BCUT2D eigenvalue weighted by Crippen LogP contribution is 2.59. The number of ether oxygens (including phenoxy) is 1. The molecule has 0 aromatic heterocycles. The first-order chi connectivity index (χ1) is 21.6. The van der Waals surface area contributed by atoms with E-state index < -0.39 is 81.4 Å². The summed E-state index contributed by atoms with van der Waals surface area (Å²) in [7, 11) is 0. The Morgan fingerprint density at radius 1 is 0.935 bits per heavy atom. The fourth-order valence-electron chi connectivity index (χ4n) is 6.65. The number of anilines is 1. The number of imide groups is 2. The van der Waals surface area contributed by atoms with Crippen molar-refractivity contribution in [1.29, 1.82) is 5.26 Å². The zero-order valence-electron chi connectivity index (χ0n) is 24.6. The van der Waals surface area contributed by atoms with Crippen LogP contribution in [0.5, 0.6) is 0 Å². The van der Waals surface area contributed by atoms with Crippen LogP contribution in [0.15, 0.2) is 66.7 Å². The molecule has 2 saturated heterocycles. The van der Waals surface area contributed by atoms with Gasteiger partial charge in [-0.25, -0.2) is 8.78 Å². The molecule has 5 rings (SSSR count). The van der Waals surface area contributed by atoms with Crippen LogP contribution < -0.4 is 4.90 Å². The zero-order chi connectivity index (χ0) is 33.8. The molecule has 0 aliphatic carbocycles. The van der Waals surface area contributed by atoms with Gasteiger partial charge in [0.2, 0.25) is 12.3 Å². The van der Waals surface area contributed by atoms with Crippen LogP contribution in [-0.4, -0.2) is 46.3 Å². The molecule has 0 spiro atoms. The van der Waals surface area contributed by atoms with Crippen molar-refractivity contribution in [1.82, 2.24) is 4.90 Å². The molecule has 4 amide bonds. The average Bonchev–Trinajstić information content (AvgIpc) is 3.39. The monoisotopic (exact) mass is 639 g/mol. The van der Waals surface area contributed by atoms with E-state index in [4.69, 9.17) is 10.00 Å². The number of carbonyl (C=O) groups excluding carboxylic acids is 4. The van der Waals surface area contributed by atoms with Crippen molar-refractivity contribution >= 4 is 29.8 Å². The van der Waals surface area contributed by atoms with Crippen LogP contribution in [0.25, 0.3) is 0 Å². The SMILES string of the molecule is C[C@H]1[C@@H](C(=O)N(C=O)c2ccc(C#N)c(C(F)(F)F)c2)C2(C)OC1(C)C[C@H]2N(C(=O)c1ccc(F)cc1)C(=O)c1ccc(F)cc1. The highest BCUT2D eigenvalue weighted by Gasteiger charge is 2.71. The Morgan fingerprint density at radius 2 is 1.46 bits per heavy atom. The molecule has 2 aliphatic rings. The van der Waals surface area contributed by atoms with Gasteiger partial charge in [0.05, 0.1) is 46.0 Å². The van der Waals surface area contributed by atoms with Crippen LogP contribution in [0.2, 0.25) is 0 Å². The maximum atomic E-state index is 14.2. The maximum Gasteiger partial charge on any atom is 0.417 e. The van der Waals surface area contributed by atoms with E-state index in [0.717, 1.165) is 41.3 Å². The first-order valence-corrected chi connectivity index (χ1v) is 14.0. The number of amides is 4. The minimum atomic E-state index is -4.96. The van der Waals surface area contributed by atoms with Crippen LogP contribution in [0.3, 0.4) is 0 Å². The van der Waals surface area contributed by atoms with Gasteiger partial charge in [-0.05, 0) is 86.5 Å². The highest BCUT2D eigenvalue weighted by atomic mass is 19.4. The third kappa shape index (κ3) is 5.32. The Morgan fingerprint density at radius 3 is 1.89 bits per heavy atom. The average molecular weight is 640 g/mol. The van der Waals surface area contributed by atoms with Gasteiger partial charge in [0.1, 0.15) is 11.6 Å². The summed E-state index contributed by atoms with van der Waals surface area (Å²) < 4.78 is 75.0. The maximum absolute atomic E-state index is 14.2. The highest BCUT2D eigenvalue weighted by molar-refractivity contribution is 6.12. The van der Waals surface area contributed by atoms with E-state index in [9.17, 15) is 41.1 Å². The number of nitriles is 1. The lowest BCUT2D eigenvalue weighted by Crippen LogP contribution is -2.61. The third-order valence-corrected chi connectivity index (χ3v) is 9.04. The van der Waals surface area contributed by atoms with Crippen molar-refractivity contribution in [2.24, 2.45) is 11.8 Å². The van der Waals surface area contributed by atoms with Gasteiger partial charge in [-0.1, -0.05) is 6.92 Å². The van der Waals surface area contributed by atoms with Crippen molar-refractivity contribution < 1.29 is 45.9 Å². The second-order valence-electron chi connectivity index (χ2n) is 11.7. The van der Waals surface area contributed by atoms with Gasteiger partial charge in [0, 0.05) is 17.5 Å². The van der Waals surface area contributed by atoms with Crippen molar-refractivity contribution in [3.05, 3.63) is 101 Å². The lowest BCUT2D eigenvalue weighted by Gasteiger charge is -2.44. The molecule has 2 fully saturated rings. The molecule has 5 atom stereocenters. The van der Waals surface area contributed by atoms with Crippen molar-refractivity contribution in [2.75, 3.05) is 4.90 Å². The summed E-state index contributed by atoms with van der Waals surface area (Å²) in [6.07, 6.45) is -4.88. The number of alkyl halides is 3. The number of nitrogens with zero attached hydrogens (tertiary/aromatic N) is 3. The van der Waals surface area contributed by atoms with Crippen LogP contribution in [0, 0.1) is 34.8 Å². The van der Waals surface area contributed by atoms with Gasteiger partial charge in [0.15, 0.2) is 0 Å². The summed E-state index contributed by atoms with van der Waals surface area (Å²) in [6.45, 7) is 4.78. The molecule has 2 heterocycles. The van der Waals surface area contributed by atoms with Crippen molar-refractivity contribution in [2.45, 2.75) is 50.6 Å². The van der Waals surface area contributed by atoms with Gasteiger partial charge in [-0.3, -0.25) is 29.0 Å². The Labute approximate surface area is 260 Å². The molecule has 2 unspecified atom stereocenters. The number of halogens is 5. The van der Waals surface area contributed by atoms with Gasteiger partial charge in [-0.15, -0.1) is 0 Å². The molecule has 3 aromatic rings. The van der Waals surface area contributed by atoms with Crippen LogP contribution in [0.1, 0.15) is 59.0 Å². The number of benzene rings is 3. The molecule has 238 valence electrons. The molecule has 46 heavy (non-hydrogen) atoms. The Balaban J connectivity index is 1.60. The molecule has 0 N–H and O–H groups in total. The van der Waals surface area contributed by atoms with Crippen LogP contribution in [0.4, 0.5) is 27.6 Å². The lowest BCUT2D eigenvalue weighted by molar-refractivity contribution is -0.138. The fraction of sp³-hybridized carbons (Fsp3) is 0.303. The number of carbonyl (C=O) groups is 4. The zero-order valence-corrected chi connectivity index (χ0v) is 24.6. The summed E-state index contributed by atoms with van der Waals surface area (Å²) >= 11 is 0. The molecule has 13 heteroatoms. The largest absolute Gasteiger partial charge is 0.417 e. The Bertz CT molecular complexity index is 1710. The first kappa shape index (κ1) is 32.4. The van der Waals surface area contributed by atoms with Gasteiger partial charge in [-0.2, -0.15) is 18.4 Å². The van der Waals surface area contributed by atoms with E-state index in [1.807, 2.05) is 0 Å². The Kier molecular flexibility index (Phi) is 8.07. The van der Waals surface area contributed by atoms with E-state index in [0.29, 0.717) is 11.0 Å². The third-order valence-electron chi connectivity index (χ3n) is 9.04. The number of fused-ring (bicyclic) bond motifs is 2. The van der Waals surface area contributed by atoms with E-state index >= 15 is 0 Å². The molecule has 0 saturated carbocycles. The summed E-state index contributed by atoms with van der Waals surface area (Å²) in [6, 6.07) is 11.4. The van der Waals surface area contributed by atoms with Gasteiger partial charge < -0.3 is 4.74 Å². The van der Waals surface area contributed by atoms with Gasteiger partial charge >= 0.3 is 6.18 Å². The lowest BCUT2D eigenvalue weighted by atomic mass is 9.65. The summed E-state index contributed by atoms with van der Waals surface area (Å²) in [5, 5.41) is 9.17. The van der Waals surface area contributed by atoms with Crippen molar-refractivity contribution in [3.63, 3.8) is 0 Å². The first-order valence-electron chi connectivity index (χ1n) is 14.0. The fourth-order valence-corrected chi connectivity index (χ4v) is 6.65. The molecule has 3 aromatic carbocycles. The topological polar surface area (TPSA) is 108 Å². The smallest absolute Gasteiger partial charge is 0.366 e. The number of hydrogen-bond acceptors (Lipinski definition) is 6. The summed E-state index contributed by atoms with van der Waals surface area (Å²) in [5.74, 6) is -5.90. The molecular weight excluding hydrogens is 613 g/mol. The second kappa shape index (κ2) is 11.4. The standard InChI is InChI=1S/C33H26F5N3O5/c1-18-27(30(45)40(17-42)24-13-8-21(16-39)25(14-24)33(36,37)38)32(3)26(15-31(18,2)46-32)41(28(43)19-4-9-22(34)10-5-19)29(44)20-6-11-23(35)12-7-20/h4-14,17-18,26-27H,15H2,1-3H3/t18-,26+,27-,31?,32?/m0/s1. The van der Waals surface area contributed by atoms with E-state index in [1.165, 1.54) is 37.3 Å². The second-order valence-corrected chi connectivity index (χ2v) is 11.7. The Hall–Kier alpha value is -4.96. The minimum Gasteiger partial charge on any atom is -0.366 e. The van der Waals surface area contributed by atoms with Gasteiger partial charge in [0.25, 0.3) is 11.8 Å². The van der Waals surface area contributed by atoms with Crippen molar-refractivity contribution in [3.8, 4) is 6.07 Å². The van der Waals surface area contributed by atoms with E-state index in [1.54, 1.807) is 13.8 Å². The minimum absolute atomic E-state index is 0.0322. The molecule has 2 aliphatic heterocycles. The quantitative estimate of drug-likeness (QED) is 0.189. The molecule has 8 nitrogen and oxygen atoms in total. The van der Waals surface area contributed by atoms with Crippen LogP contribution >= 0.6 is 0 Å². The van der Waals surface area contributed by atoms with Crippen LogP contribution in [-0.2, 0) is 20.5 Å². The molecule has 0 radical (unpaired) electrons. The van der Waals surface area contributed by atoms with E-state index in [-0.39, 0.29) is 24.0 Å². The predicted octanol–water partition coefficient (Wildman–Crippen LogP) is 5.90. The number of rotatable bonds is 6. The normalized spacial score (nSPS) is 25.1. The summed E-state index contributed by atoms with van der Waals surface area (Å²) in [5.41, 5.74) is -5.47.